The highest BCUT2D eigenvalue weighted by Gasteiger charge is 2.07. The Kier molecular flexibility index (Phi) is 5.67. The lowest BCUT2D eigenvalue weighted by atomic mass is 10.1. The molecule has 4 nitrogen and oxygen atoms in total. The number of benzene rings is 2. The second-order valence-electron chi connectivity index (χ2n) is 4.61. The number of hydrogen-bond donors (Lipinski definition) is 1. The average molecular weight is 320 g/mol. The van der Waals surface area contributed by atoms with E-state index in [2.05, 4.69) is 5.32 Å². The quantitative estimate of drug-likeness (QED) is 0.813. The molecule has 2 rings (SSSR count). The number of esters is 1. The van der Waals surface area contributed by atoms with Crippen LogP contribution in [0.2, 0.25) is 5.02 Å². The van der Waals surface area contributed by atoms with Gasteiger partial charge in [-0.2, -0.15) is 0 Å². The third-order valence-corrected chi connectivity index (χ3v) is 3.36. The molecule has 0 aliphatic carbocycles. The summed E-state index contributed by atoms with van der Waals surface area (Å²) < 4.78 is 10.3. The molecule has 2 aromatic carbocycles. The molecular formula is C17H18ClNO3. The molecule has 0 aromatic heterocycles. The first-order valence-electron chi connectivity index (χ1n) is 6.97. The number of carbonyl (C=O) groups is 1. The molecule has 0 spiro atoms. The fourth-order valence-electron chi connectivity index (χ4n) is 2.02. The Hall–Kier alpha value is -2.20. The lowest BCUT2D eigenvalue weighted by Crippen LogP contribution is -2.05. The number of nitrogens with one attached hydrogen (secondary N) is 1. The Balaban J connectivity index is 2.03. The standard InChI is InChI=1S/C17H18ClNO3/c1-3-22-17(20)12-4-7-15(8-5-12)19-11-13-10-14(18)6-9-16(13)21-2/h4-10,19H,3,11H2,1-2H3. The number of halogens is 1. The summed E-state index contributed by atoms with van der Waals surface area (Å²) in [6.45, 7) is 2.72. The molecule has 0 saturated heterocycles. The van der Waals surface area contributed by atoms with Crippen molar-refractivity contribution in [3.63, 3.8) is 0 Å². The summed E-state index contributed by atoms with van der Waals surface area (Å²) in [6, 6.07) is 12.6. The molecule has 0 aliphatic rings. The number of ether oxygens (including phenoxy) is 2. The maximum Gasteiger partial charge on any atom is 0.338 e. The van der Waals surface area contributed by atoms with E-state index >= 15 is 0 Å². The van der Waals surface area contributed by atoms with Gasteiger partial charge in [-0.05, 0) is 49.4 Å². The van der Waals surface area contributed by atoms with Crippen LogP contribution in [0.25, 0.3) is 0 Å². The van der Waals surface area contributed by atoms with Crippen molar-refractivity contribution < 1.29 is 14.3 Å². The molecular weight excluding hydrogens is 302 g/mol. The fourth-order valence-corrected chi connectivity index (χ4v) is 2.22. The van der Waals surface area contributed by atoms with Gasteiger partial charge < -0.3 is 14.8 Å². The highest BCUT2D eigenvalue weighted by atomic mass is 35.5. The van der Waals surface area contributed by atoms with Crippen molar-refractivity contribution in [1.29, 1.82) is 0 Å². The van der Waals surface area contributed by atoms with E-state index in [0.717, 1.165) is 17.0 Å². The first-order chi connectivity index (χ1) is 10.6. The topological polar surface area (TPSA) is 47.6 Å². The summed E-state index contributed by atoms with van der Waals surface area (Å²) in [7, 11) is 1.63. The lowest BCUT2D eigenvalue weighted by molar-refractivity contribution is 0.0526. The van der Waals surface area contributed by atoms with E-state index < -0.39 is 0 Å². The predicted octanol–water partition coefficient (Wildman–Crippen LogP) is 4.14. The Morgan fingerprint density at radius 1 is 1.18 bits per heavy atom. The monoisotopic (exact) mass is 319 g/mol. The molecule has 0 radical (unpaired) electrons. The maximum atomic E-state index is 11.6. The molecule has 22 heavy (non-hydrogen) atoms. The van der Waals surface area contributed by atoms with Gasteiger partial charge in [-0.1, -0.05) is 11.6 Å². The molecule has 0 amide bonds. The van der Waals surface area contributed by atoms with Crippen LogP contribution in [0.15, 0.2) is 42.5 Å². The van der Waals surface area contributed by atoms with Gasteiger partial charge in [0, 0.05) is 22.8 Å². The Morgan fingerprint density at radius 2 is 1.91 bits per heavy atom. The molecule has 5 heteroatoms. The van der Waals surface area contributed by atoms with E-state index in [1.54, 1.807) is 32.2 Å². The number of hydrogen-bond acceptors (Lipinski definition) is 4. The van der Waals surface area contributed by atoms with Gasteiger partial charge >= 0.3 is 5.97 Å². The van der Waals surface area contributed by atoms with Gasteiger partial charge in [-0.3, -0.25) is 0 Å². The normalized spacial score (nSPS) is 10.1. The van der Waals surface area contributed by atoms with Crippen molar-refractivity contribution in [1.82, 2.24) is 0 Å². The Bertz CT molecular complexity index is 641. The van der Waals surface area contributed by atoms with Crippen molar-refractivity contribution in [3.05, 3.63) is 58.6 Å². The third-order valence-electron chi connectivity index (χ3n) is 3.12. The maximum absolute atomic E-state index is 11.6. The van der Waals surface area contributed by atoms with Crippen LogP contribution in [-0.4, -0.2) is 19.7 Å². The predicted molar refractivity (Wildman–Crippen MR) is 87.7 cm³/mol. The van der Waals surface area contributed by atoms with Gasteiger partial charge in [0.1, 0.15) is 5.75 Å². The van der Waals surface area contributed by atoms with Crippen molar-refractivity contribution >= 4 is 23.3 Å². The summed E-state index contributed by atoms with van der Waals surface area (Å²) in [5, 5.41) is 3.93. The summed E-state index contributed by atoms with van der Waals surface area (Å²) in [4.78, 5) is 11.6. The summed E-state index contributed by atoms with van der Waals surface area (Å²) in [5.41, 5.74) is 2.40. The second kappa shape index (κ2) is 7.71. The van der Waals surface area contributed by atoms with E-state index in [1.165, 1.54) is 0 Å². The summed E-state index contributed by atoms with van der Waals surface area (Å²) in [6.07, 6.45) is 0. The number of carbonyl (C=O) groups excluding carboxylic acids is 1. The first-order valence-corrected chi connectivity index (χ1v) is 7.35. The van der Waals surface area contributed by atoms with Crippen molar-refractivity contribution in [2.45, 2.75) is 13.5 Å². The van der Waals surface area contributed by atoms with Crippen LogP contribution in [0.5, 0.6) is 5.75 Å². The number of rotatable bonds is 6. The zero-order chi connectivity index (χ0) is 15.9. The zero-order valence-corrected chi connectivity index (χ0v) is 13.3. The van der Waals surface area contributed by atoms with Crippen LogP contribution in [0.1, 0.15) is 22.8 Å². The Morgan fingerprint density at radius 3 is 2.55 bits per heavy atom. The number of anilines is 1. The van der Waals surface area contributed by atoms with E-state index in [1.807, 2.05) is 24.3 Å². The molecule has 0 aliphatic heterocycles. The summed E-state index contributed by atoms with van der Waals surface area (Å²) in [5.74, 6) is 0.464. The van der Waals surface area contributed by atoms with Gasteiger partial charge in [-0.25, -0.2) is 4.79 Å². The molecule has 1 N–H and O–H groups in total. The van der Waals surface area contributed by atoms with Crippen molar-refractivity contribution in [2.24, 2.45) is 0 Å². The molecule has 0 heterocycles. The highest BCUT2D eigenvalue weighted by molar-refractivity contribution is 6.30. The second-order valence-corrected chi connectivity index (χ2v) is 5.04. The zero-order valence-electron chi connectivity index (χ0n) is 12.6. The van der Waals surface area contributed by atoms with Crippen LogP contribution in [0, 0.1) is 0 Å². The van der Waals surface area contributed by atoms with Crippen molar-refractivity contribution in [3.8, 4) is 5.75 Å². The van der Waals surface area contributed by atoms with Gasteiger partial charge in [0.2, 0.25) is 0 Å². The third kappa shape index (κ3) is 4.15. The molecule has 0 atom stereocenters. The highest BCUT2D eigenvalue weighted by Crippen LogP contribution is 2.23. The smallest absolute Gasteiger partial charge is 0.338 e. The molecule has 0 bridgehead atoms. The van der Waals surface area contributed by atoms with E-state index in [0.29, 0.717) is 23.7 Å². The molecule has 0 saturated carbocycles. The SMILES string of the molecule is CCOC(=O)c1ccc(NCc2cc(Cl)ccc2OC)cc1. The van der Waals surface area contributed by atoms with Gasteiger partial charge in [-0.15, -0.1) is 0 Å². The van der Waals surface area contributed by atoms with E-state index in [9.17, 15) is 4.79 Å². The van der Waals surface area contributed by atoms with Gasteiger partial charge in [0.25, 0.3) is 0 Å². The van der Waals surface area contributed by atoms with Crippen LogP contribution in [0.3, 0.4) is 0 Å². The lowest BCUT2D eigenvalue weighted by Gasteiger charge is -2.11. The fraction of sp³-hybridized carbons (Fsp3) is 0.235. The summed E-state index contributed by atoms with van der Waals surface area (Å²) >= 11 is 6.01. The average Bonchev–Trinajstić information content (AvgIpc) is 2.54. The van der Waals surface area contributed by atoms with Crippen LogP contribution < -0.4 is 10.1 Å². The van der Waals surface area contributed by atoms with Crippen molar-refractivity contribution in [2.75, 3.05) is 19.0 Å². The van der Waals surface area contributed by atoms with E-state index in [-0.39, 0.29) is 5.97 Å². The first kappa shape index (κ1) is 16.2. The van der Waals surface area contributed by atoms with Crippen LogP contribution >= 0.6 is 11.6 Å². The minimum Gasteiger partial charge on any atom is -0.496 e. The molecule has 116 valence electrons. The number of methoxy groups -OCH3 is 1. The van der Waals surface area contributed by atoms with E-state index in [4.69, 9.17) is 21.1 Å². The largest absolute Gasteiger partial charge is 0.496 e. The molecule has 2 aromatic rings. The minimum atomic E-state index is -0.314. The minimum absolute atomic E-state index is 0.314. The Labute approximate surface area is 135 Å². The van der Waals surface area contributed by atoms with Gasteiger partial charge in [0.15, 0.2) is 0 Å². The molecule has 0 unspecified atom stereocenters. The van der Waals surface area contributed by atoms with Crippen LogP contribution in [0.4, 0.5) is 5.69 Å². The van der Waals surface area contributed by atoms with Gasteiger partial charge in [0.05, 0.1) is 19.3 Å². The van der Waals surface area contributed by atoms with Crippen LogP contribution in [-0.2, 0) is 11.3 Å². The molecule has 0 fully saturated rings.